The SMILES string of the molecule is CCc1cn(C)nc1CC(=O)O. The van der Waals surface area contributed by atoms with Crippen molar-refractivity contribution in [3.05, 3.63) is 17.5 Å². The number of carboxylic acid groups (broad SMARTS) is 1. The van der Waals surface area contributed by atoms with E-state index >= 15 is 0 Å². The number of hydrogen-bond acceptors (Lipinski definition) is 2. The second kappa shape index (κ2) is 3.38. The molecule has 1 N–H and O–H groups in total. The lowest BCUT2D eigenvalue weighted by Crippen LogP contribution is -2.03. The molecule has 1 aromatic heterocycles. The van der Waals surface area contributed by atoms with Crippen LogP contribution < -0.4 is 0 Å². The maximum absolute atomic E-state index is 10.4. The highest BCUT2D eigenvalue weighted by Crippen LogP contribution is 2.07. The van der Waals surface area contributed by atoms with Gasteiger partial charge in [0.2, 0.25) is 0 Å². The number of aromatic nitrogens is 2. The van der Waals surface area contributed by atoms with E-state index in [0.29, 0.717) is 5.69 Å². The van der Waals surface area contributed by atoms with Gasteiger partial charge in [-0.05, 0) is 12.0 Å². The van der Waals surface area contributed by atoms with Gasteiger partial charge >= 0.3 is 5.97 Å². The third-order valence-electron chi connectivity index (χ3n) is 1.69. The minimum absolute atomic E-state index is 0.0179. The zero-order valence-corrected chi connectivity index (χ0v) is 7.24. The molecule has 4 heteroatoms. The number of carboxylic acids is 1. The number of rotatable bonds is 3. The highest BCUT2D eigenvalue weighted by molar-refractivity contribution is 5.69. The van der Waals surface area contributed by atoms with E-state index in [9.17, 15) is 4.79 Å². The highest BCUT2D eigenvalue weighted by Gasteiger charge is 2.08. The minimum atomic E-state index is -0.830. The van der Waals surface area contributed by atoms with E-state index < -0.39 is 5.97 Å². The molecule has 1 heterocycles. The highest BCUT2D eigenvalue weighted by atomic mass is 16.4. The summed E-state index contributed by atoms with van der Waals surface area (Å²) in [6.07, 6.45) is 2.71. The van der Waals surface area contributed by atoms with Crippen molar-refractivity contribution in [2.75, 3.05) is 0 Å². The molecule has 0 aliphatic heterocycles. The minimum Gasteiger partial charge on any atom is -0.481 e. The lowest BCUT2D eigenvalue weighted by Gasteiger charge is -1.93. The predicted molar refractivity (Wildman–Crippen MR) is 43.9 cm³/mol. The van der Waals surface area contributed by atoms with Gasteiger partial charge in [-0.2, -0.15) is 5.10 Å². The van der Waals surface area contributed by atoms with Crippen LogP contribution in [0, 0.1) is 0 Å². The number of aliphatic carboxylic acids is 1. The molecule has 0 atom stereocenters. The van der Waals surface area contributed by atoms with Crippen molar-refractivity contribution in [2.24, 2.45) is 7.05 Å². The second-order valence-electron chi connectivity index (χ2n) is 2.70. The van der Waals surface area contributed by atoms with E-state index in [0.717, 1.165) is 12.0 Å². The number of hydrogen-bond donors (Lipinski definition) is 1. The van der Waals surface area contributed by atoms with Crippen molar-refractivity contribution < 1.29 is 9.90 Å². The van der Waals surface area contributed by atoms with Crippen LogP contribution in [0.4, 0.5) is 0 Å². The Kier molecular flexibility index (Phi) is 2.47. The molecule has 0 unspecified atom stereocenters. The molecule has 0 saturated carbocycles. The van der Waals surface area contributed by atoms with Crippen LogP contribution >= 0.6 is 0 Å². The first-order chi connectivity index (χ1) is 5.63. The van der Waals surface area contributed by atoms with Crippen molar-refractivity contribution in [1.29, 1.82) is 0 Å². The van der Waals surface area contributed by atoms with Crippen molar-refractivity contribution in [1.82, 2.24) is 9.78 Å². The van der Waals surface area contributed by atoms with Crippen LogP contribution in [0.2, 0.25) is 0 Å². The molecular weight excluding hydrogens is 156 g/mol. The standard InChI is InChI=1S/C8H12N2O2/c1-3-6-5-10(2)9-7(6)4-8(11)12/h5H,3-4H2,1-2H3,(H,11,12). The average Bonchev–Trinajstić information content (AvgIpc) is 2.29. The van der Waals surface area contributed by atoms with Gasteiger partial charge in [-0.3, -0.25) is 9.48 Å². The number of nitrogens with zero attached hydrogens (tertiary/aromatic N) is 2. The van der Waals surface area contributed by atoms with Crippen LogP contribution in [-0.2, 0) is 24.7 Å². The molecule has 0 aromatic carbocycles. The summed E-state index contributed by atoms with van der Waals surface area (Å²) >= 11 is 0. The van der Waals surface area contributed by atoms with Crippen molar-refractivity contribution >= 4 is 5.97 Å². The molecule has 0 aliphatic carbocycles. The molecule has 4 nitrogen and oxygen atoms in total. The molecule has 0 fully saturated rings. The molecule has 0 bridgehead atoms. The molecule has 0 amide bonds. The van der Waals surface area contributed by atoms with E-state index in [2.05, 4.69) is 5.10 Å². The smallest absolute Gasteiger partial charge is 0.309 e. The zero-order valence-electron chi connectivity index (χ0n) is 7.24. The maximum Gasteiger partial charge on any atom is 0.309 e. The van der Waals surface area contributed by atoms with Gasteiger partial charge in [-0.25, -0.2) is 0 Å². The molecular formula is C8H12N2O2. The maximum atomic E-state index is 10.4. The Morgan fingerprint density at radius 2 is 2.42 bits per heavy atom. The largest absolute Gasteiger partial charge is 0.481 e. The van der Waals surface area contributed by atoms with Crippen LogP contribution in [0.1, 0.15) is 18.2 Å². The summed E-state index contributed by atoms with van der Waals surface area (Å²) in [5.74, 6) is -0.830. The van der Waals surface area contributed by atoms with Gasteiger partial charge in [-0.1, -0.05) is 6.92 Å². The van der Waals surface area contributed by atoms with Gasteiger partial charge in [0, 0.05) is 13.2 Å². The Balaban J connectivity index is 2.89. The van der Waals surface area contributed by atoms with Crippen LogP contribution in [0.5, 0.6) is 0 Å². The van der Waals surface area contributed by atoms with Crippen LogP contribution in [-0.4, -0.2) is 20.9 Å². The van der Waals surface area contributed by atoms with E-state index in [1.165, 1.54) is 0 Å². The van der Waals surface area contributed by atoms with E-state index in [4.69, 9.17) is 5.11 Å². The number of aryl methyl sites for hydroxylation is 2. The normalized spacial score (nSPS) is 10.2. The second-order valence-corrected chi connectivity index (χ2v) is 2.70. The third kappa shape index (κ3) is 1.84. The molecule has 0 spiro atoms. The molecule has 1 aromatic rings. The van der Waals surface area contributed by atoms with Gasteiger partial charge in [0.05, 0.1) is 12.1 Å². The first kappa shape index (κ1) is 8.77. The fourth-order valence-corrected chi connectivity index (χ4v) is 1.17. The molecule has 0 aliphatic rings. The van der Waals surface area contributed by atoms with Crippen molar-refractivity contribution in [3.63, 3.8) is 0 Å². The fourth-order valence-electron chi connectivity index (χ4n) is 1.17. The monoisotopic (exact) mass is 168 g/mol. The molecule has 0 saturated heterocycles. The lowest BCUT2D eigenvalue weighted by molar-refractivity contribution is -0.136. The van der Waals surface area contributed by atoms with Gasteiger partial charge in [0.1, 0.15) is 0 Å². The number of carbonyl (C=O) groups is 1. The van der Waals surface area contributed by atoms with Crippen molar-refractivity contribution in [3.8, 4) is 0 Å². The third-order valence-corrected chi connectivity index (χ3v) is 1.69. The summed E-state index contributed by atoms with van der Waals surface area (Å²) in [7, 11) is 1.80. The average molecular weight is 168 g/mol. The Bertz CT molecular complexity index is 291. The zero-order chi connectivity index (χ0) is 9.14. The van der Waals surface area contributed by atoms with Crippen LogP contribution in [0.3, 0.4) is 0 Å². The Morgan fingerprint density at radius 1 is 1.75 bits per heavy atom. The summed E-state index contributed by atoms with van der Waals surface area (Å²) in [6, 6.07) is 0. The van der Waals surface area contributed by atoms with Gasteiger partial charge < -0.3 is 5.11 Å². The topological polar surface area (TPSA) is 55.1 Å². The molecule has 0 radical (unpaired) electrons. The molecule has 66 valence electrons. The summed E-state index contributed by atoms with van der Waals surface area (Å²) in [5.41, 5.74) is 1.69. The lowest BCUT2D eigenvalue weighted by atomic mass is 10.1. The van der Waals surface area contributed by atoms with E-state index in [1.54, 1.807) is 11.7 Å². The summed E-state index contributed by atoms with van der Waals surface area (Å²) in [4.78, 5) is 10.4. The summed E-state index contributed by atoms with van der Waals surface area (Å²) < 4.78 is 1.65. The first-order valence-corrected chi connectivity index (χ1v) is 3.86. The van der Waals surface area contributed by atoms with E-state index in [-0.39, 0.29) is 6.42 Å². The first-order valence-electron chi connectivity index (χ1n) is 3.86. The molecule has 1 rings (SSSR count). The fraction of sp³-hybridized carbons (Fsp3) is 0.500. The summed E-state index contributed by atoms with van der Waals surface area (Å²) in [5, 5.41) is 12.6. The quantitative estimate of drug-likeness (QED) is 0.719. The van der Waals surface area contributed by atoms with Crippen molar-refractivity contribution in [2.45, 2.75) is 19.8 Å². The molecule has 12 heavy (non-hydrogen) atoms. The predicted octanol–water partition coefficient (Wildman–Crippen LogP) is 0.610. The van der Waals surface area contributed by atoms with Gasteiger partial charge in [0.15, 0.2) is 0 Å². The Labute approximate surface area is 70.8 Å². The Hall–Kier alpha value is -1.32. The van der Waals surface area contributed by atoms with E-state index in [1.807, 2.05) is 13.1 Å². The summed E-state index contributed by atoms with van der Waals surface area (Å²) in [6.45, 7) is 1.99. The van der Waals surface area contributed by atoms with Gasteiger partial charge in [-0.15, -0.1) is 0 Å². The van der Waals surface area contributed by atoms with Gasteiger partial charge in [0.25, 0.3) is 0 Å². The van der Waals surface area contributed by atoms with Crippen LogP contribution in [0.25, 0.3) is 0 Å². The Morgan fingerprint density at radius 3 is 2.92 bits per heavy atom. The van der Waals surface area contributed by atoms with Crippen LogP contribution in [0.15, 0.2) is 6.20 Å².